The number of amides is 1. The van der Waals surface area contributed by atoms with E-state index in [2.05, 4.69) is 0 Å². The van der Waals surface area contributed by atoms with Gasteiger partial charge in [0.05, 0.1) is 12.7 Å². The lowest BCUT2D eigenvalue weighted by atomic mass is 10.0. The predicted octanol–water partition coefficient (Wildman–Crippen LogP) is 2.66. The summed E-state index contributed by atoms with van der Waals surface area (Å²) in [7, 11) is 3.81. The minimum absolute atomic E-state index is 0.0469. The van der Waals surface area contributed by atoms with Crippen LogP contribution in [-0.4, -0.2) is 47.2 Å². The number of nitrogens with zero attached hydrogens (tertiary/aromatic N) is 2. The second kappa shape index (κ2) is 10.9. The topological polar surface area (TPSA) is 113 Å². The summed E-state index contributed by atoms with van der Waals surface area (Å²) in [5, 5.41) is 9.65. The Balaban J connectivity index is 1.96. The van der Waals surface area contributed by atoms with E-state index in [1.54, 1.807) is 42.5 Å². The zero-order chi connectivity index (χ0) is 24.0. The molecule has 33 heavy (non-hydrogen) atoms. The number of ketones is 1. The summed E-state index contributed by atoms with van der Waals surface area (Å²) in [5.74, 6) is -0.559. The molecule has 0 fully saturated rings. The molecule has 0 aliphatic carbocycles. The van der Waals surface area contributed by atoms with Gasteiger partial charge >= 0.3 is 0 Å². The number of Topliss-reactive ketones (excluding diaryl/α,β-unsaturated/α-hetero) is 1. The average Bonchev–Trinajstić information content (AvgIpc) is 2.80. The molecule has 5 N–H and O–H groups in total. The molecule has 0 spiro atoms. The molecule has 0 aliphatic rings. The van der Waals surface area contributed by atoms with Crippen LogP contribution in [0.3, 0.4) is 0 Å². The molecule has 0 aromatic heterocycles. The number of carbonyl (C=O) groups is 2. The van der Waals surface area contributed by atoms with Crippen molar-refractivity contribution in [2.45, 2.75) is 12.7 Å². The van der Waals surface area contributed by atoms with Gasteiger partial charge in [-0.3, -0.25) is 19.4 Å². The summed E-state index contributed by atoms with van der Waals surface area (Å²) in [5.41, 5.74) is 14.5. The van der Waals surface area contributed by atoms with E-state index in [0.29, 0.717) is 17.7 Å². The van der Waals surface area contributed by atoms with Crippen molar-refractivity contribution in [1.82, 2.24) is 9.80 Å². The SMILES string of the molecule is CN(C)C(c1cccc(C(N)=O)c1)N(CC(=O)[C](N)c1ccccc1)Cc1ccc(O)cc1. The molecular weight excluding hydrogens is 416 g/mol. The van der Waals surface area contributed by atoms with E-state index < -0.39 is 5.91 Å². The van der Waals surface area contributed by atoms with E-state index in [1.807, 2.05) is 60.3 Å². The van der Waals surface area contributed by atoms with Crippen LogP contribution in [0.1, 0.15) is 33.2 Å². The van der Waals surface area contributed by atoms with Crippen molar-refractivity contribution < 1.29 is 14.7 Å². The Morgan fingerprint density at radius 3 is 2.12 bits per heavy atom. The average molecular weight is 446 g/mol. The van der Waals surface area contributed by atoms with Gasteiger partial charge in [-0.2, -0.15) is 0 Å². The smallest absolute Gasteiger partial charge is 0.248 e. The maximum absolute atomic E-state index is 13.2. The molecular formula is C26H29N4O3. The first-order valence-corrected chi connectivity index (χ1v) is 10.6. The molecule has 0 heterocycles. The normalized spacial score (nSPS) is 12.3. The van der Waals surface area contributed by atoms with Gasteiger partial charge in [0.15, 0.2) is 5.78 Å². The third-order valence-corrected chi connectivity index (χ3v) is 5.36. The van der Waals surface area contributed by atoms with E-state index >= 15 is 0 Å². The van der Waals surface area contributed by atoms with Crippen molar-refractivity contribution in [3.63, 3.8) is 0 Å². The standard InChI is InChI=1S/C26H29N4O3/c1-29(2)26(21-10-6-9-20(15-21)25(28)33)30(16-18-11-13-22(31)14-12-18)17-23(32)24(27)19-7-4-3-5-8-19/h3-15,26,31H,16-17,27H2,1-2H3,(H2,28,33). The van der Waals surface area contributed by atoms with Crippen molar-refractivity contribution in [3.8, 4) is 5.75 Å². The molecule has 0 aliphatic heterocycles. The maximum Gasteiger partial charge on any atom is 0.248 e. The fourth-order valence-electron chi connectivity index (χ4n) is 3.80. The van der Waals surface area contributed by atoms with Crippen LogP contribution in [0, 0.1) is 6.04 Å². The van der Waals surface area contributed by atoms with Crippen LogP contribution >= 0.6 is 0 Å². The Morgan fingerprint density at radius 2 is 1.52 bits per heavy atom. The summed E-state index contributed by atoms with van der Waals surface area (Å²) >= 11 is 0. The monoisotopic (exact) mass is 445 g/mol. The van der Waals surface area contributed by atoms with Crippen molar-refractivity contribution in [2.75, 3.05) is 20.6 Å². The first kappa shape index (κ1) is 24.1. The number of carbonyl (C=O) groups excluding carboxylic acids is 2. The highest BCUT2D eigenvalue weighted by molar-refractivity contribution is 5.96. The highest BCUT2D eigenvalue weighted by Crippen LogP contribution is 2.27. The molecule has 7 heteroatoms. The fraction of sp³-hybridized carbons (Fsp3) is 0.192. The summed E-state index contributed by atoms with van der Waals surface area (Å²) in [6.45, 7) is 0.461. The number of rotatable bonds is 10. The van der Waals surface area contributed by atoms with E-state index in [0.717, 1.165) is 11.1 Å². The molecule has 3 aromatic carbocycles. The zero-order valence-corrected chi connectivity index (χ0v) is 18.8. The van der Waals surface area contributed by atoms with Crippen LogP contribution in [0.15, 0.2) is 78.9 Å². The molecule has 1 radical (unpaired) electrons. The predicted molar refractivity (Wildman–Crippen MR) is 128 cm³/mol. The molecule has 7 nitrogen and oxygen atoms in total. The Morgan fingerprint density at radius 1 is 0.879 bits per heavy atom. The molecule has 3 rings (SSSR count). The van der Waals surface area contributed by atoms with Crippen molar-refractivity contribution in [1.29, 1.82) is 0 Å². The second-order valence-corrected chi connectivity index (χ2v) is 8.10. The number of phenols is 1. The maximum atomic E-state index is 13.2. The number of primary amides is 1. The van der Waals surface area contributed by atoms with E-state index in [9.17, 15) is 14.7 Å². The van der Waals surface area contributed by atoms with Crippen LogP contribution in [0.25, 0.3) is 0 Å². The van der Waals surface area contributed by atoms with E-state index in [-0.39, 0.29) is 30.3 Å². The third kappa shape index (κ3) is 6.26. The van der Waals surface area contributed by atoms with Crippen LogP contribution < -0.4 is 11.5 Å². The van der Waals surface area contributed by atoms with Gasteiger partial charge in [0, 0.05) is 12.1 Å². The Kier molecular flexibility index (Phi) is 7.95. The molecule has 0 saturated carbocycles. The minimum atomic E-state index is -0.517. The van der Waals surface area contributed by atoms with Gasteiger partial charge < -0.3 is 16.6 Å². The largest absolute Gasteiger partial charge is 0.508 e. The molecule has 0 saturated heterocycles. The number of nitrogens with two attached hydrogens (primary N) is 2. The lowest BCUT2D eigenvalue weighted by Crippen LogP contribution is -2.42. The van der Waals surface area contributed by atoms with Gasteiger partial charge in [-0.1, -0.05) is 54.6 Å². The van der Waals surface area contributed by atoms with Gasteiger partial charge in [0.25, 0.3) is 0 Å². The number of benzene rings is 3. The Hall–Kier alpha value is -3.52. The van der Waals surface area contributed by atoms with Crippen LogP contribution in [0.2, 0.25) is 0 Å². The third-order valence-electron chi connectivity index (χ3n) is 5.36. The van der Waals surface area contributed by atoms with Gasteiger partial charge in [0.2, 0.25) is 5.91 Å². The summed E-state index contributed by atoms with van der Waals surface area (Å²) < 4.78 is 0. The number of hydrogen-bond acceptors (Lipinski definition) is 6. The minimum Gasteiger partial charge on any atom is -0.508 e. The zero-order valence-electron chi connectivity index (χ0n) is 18.8. The van der Waals surface area contributed by atoms with Gasteiger partial charge in [-0.15, -0.1) is 0 Å². The molecule has 1 unspecified atom stereocenters. The van der Waals surface area contributed by atoms with Crippen LogP contribution in [0.4, 0.5) is 0 Å². The quantitative estimate of drug-likeness (QED) is 0.414. The molecule has 1 atom stereocenters. The summed E-state index contributed by atoms with van der Waals surface area (Å²) in [6, 6.07) is 23.2. The van der Waals surface area contributed by atoms with E-state index in [4.69, 9.17) is 11.5 Å². The Labute approximate surface area is 194 Å². The lowest BCUT2D eigenvalue weighted by Gasteiger charge is -2.36. The van der Waals surface area contributed by atoms with Gasteiger partial charge in [0.1, 0.15) is 11.8 Å². The lowest BCUT2D eigenvalue weighted by molar-refractivity contribution is -0.119. The van der Waals surface area contributed by atoms with Crippen LogP contribution in [0.5, 0.6) is 5.75 Å². The second-order valence-electron chi connectivity index (χ2n) is 8.10. The highest BCUT2D eigenvalue weighted by atomic mass is 16.3. The molecule has 0 bridgehead atoms. The van der Waals surface area contributed by atoms with Gasteiger partial charge in [-0.05, 0) is 55.1 Å². The first-order chi connectivity index (χ1) is 15.8. The van der Waals surface area contributed by atoms with Gasteiger partial charge in [-0.25, -0.2) is 0 Å². The number of aromatic hydroxyl groups is 1. The first-order valence-electron chi connectivity index (χ1n) is 10.6. The molecule has 3 aromatic rings. The number of hydrogen-bond donors (Lipinski definition) is 3. The Bertz CT molecular complexity index is 1080. The number of phenolic OH excluding ortho intramolecular Hbond substituents is 1. The molecule has 171 valence electrons. The highest BCUT2D eigenvalue weighted by Gasteiger charge is 2.28. The van der Waals surface area contributed by atoms with Crippen molar-refractivity contribution in [2.24, 2.45) is 11.5 Å². The van der Waals surface area contributed by atoms with Crippen LogP contribution in [-0.2, 0) is 11.3 Å². The fourth-order valence-corrected chi connectivity index (χ4v) is 3.80. The van der Waals surface area contributed by atoms with Crippen molar-refractivity contribution in [3.05, 3.63) is 107 Å². The van der Waals surface area contributed by atoms with E-state index in [1.165, 1.54) is 0 Å². The summed E-state index contributed by atoms with van der Waals surface area (Å²) in [6.07, 6.45) is -0.342. The molecule has 1 amide bonds. The van der Waals surface area contributed by atoms with Crippen molar-refractivity contribution >= 4 is 11.7 Å². The summed E-state index contributed by atoms with van der Waals surface area (Å²) in [4.78, 5) is 28.9.